The molecule has 0 heterocycles. The smallest absolute Gasteiger partial charge is 1.00 e. The fourth-order valence-electron chi connectivity index (χ4n) is 0.668. The monoisotopic (exact) mass is 348 g/mol. The van der Waals surface area contributed by atoms with Gasteiger partial charge in [0.1, 0.15) is 18.3 Å². The number of hydrogen-bond acceptors (Lipinski definition) is 8. The van der Waals surface area contributed by atoms with Crippen LogP contribution in [0.1, 0.15) is 1.43 Å². The van der Waals surface area contributed by atoms with E-state index < -0.39 is 47.4 Å². The molecule has 0 saturated carbocycles. The Hall–Kier alpha value is 0.672. The quantitative estimate of drug-likeness (QED) is 0.172. The standard InChI is InChI=1S/C6H12O7.Al.Na.H2O4S.4H/c7-1-2(8)3(9)4(10)5(11)6(12)13;;;1-5(2,3)4;;;;/h2-5,7-11H,1H2,(H,12,13);;;(H2,1,2,3,4);;;;/q;;+1;;;;;-1/t2-,3-,4+,5-;;;;;;;/m1......./s1. The fraction of sp³-hybridized carbons (Fsp3) is 0.833. The Morgan fingerprint density at radius 3 is 1.55 bits per heavy atom. The van der Waals surface area contributed by atoms with Crippen molar-refractivity contribution >= 4 is 33.7 Å². The normalized spacial score (nSPS) is 16.1. The van der Waals surface area contributed by atoms with Crippen LogP contribution in [0.2, 0.25) is 0 Å². The Morgan fingerprint density at radius 1 is 1.05 bits per heavy atom. The van der Waals surface area contributed by atoms with Crippen molar-refractivity contribution < 1.29 is 83.9 Å². The van der Waals surface area contributed by atoms with Gasteiger partial charge in [-0.15, -0.1) is 0 Å². The molecule has 0 fully saturated rings. The van der Waals surface area contributed by atoms with E-state index in [0.717, 1.165) is 0 Å². The summed E-state index contributed by atoms with van der Waals surface area (Å²) >= 11 is 0. The summed E-state index contributed by atoms with van der Waals surface area (Å²) < 4.78 is 31.6. The van der Waals surface area contributed by atoms with Gasteiger partial charge in [0.05, 0.1) is 6.61 Å². The second-order valence-corrected chi connectivity index (χ2v) is 3.86. The van der Waals surface area contributed by atoms with Gasteiger partial charge in [-0.25, -0.2) is 4.79 Å². The summed E-state index contributed by atoms with van der Waals surface area (Å²) in [6.07, 6.45) is -7.84. The Balaban J connectivity index is -0.0000000933. The van der Waals surface area contributed by atoms with Crippen LogP contribution in [0.5, 0.6) is 0 Å². The van der Waals surface area contributed by atoms with Gasteiger partial charge in [0.2, 0.25) is 0 Å². The second-order valence-electron chi connectivity index (χ2n) is 2.96. The van der Waals surface area contributed by atoms with Crippen LogP contribution >= 0.6 is 0 Å². The number of carbonyl (C=O) groups is 1. The molecular formula is C6H18AlNaO11S. The number of aliphatic hydroxyl groups excluding tert-OH is 5. The van der Waals surface area contributed by atoms with Gasteiger partial charge in [-0.3, -0.25) is 9.11 Å². The zero-order valence-corrected chi connectivity index (χ0v) is 12.5. The molecule has 20 heavy (non-hydrogen) atoms. The summed E-state index contributed by atoms with van der Waals surface area (Å²) in [6, 6.07) is 0. The molecule has 0 aromatic heterocycles. The molecule has 0 unspecified atom stereocenters. The molecule has 0 amide bonds. The van der Waals surface area contributed by atoms with Crippen LogP contribution in [0, 0.1) is 0 Å². The van der Waals surface area contributed by atoms with Crippen LogP contribution in [0.25, 0.3) is 0 Å². The number of carboxylic acid groups (broad SMARTS) is 1. The number of aliphatic hydroxyl groups is 5. The van der Waals surface area contributed by atoms with Gasteiger partial charge in [0.15, 0.2) is 23.5 Å². The molecule has 0 bridgehead atoms. The van der Waals surface area contributed by atoms with Crippen molar-refractivity contribution in [2.24, 2.45) is 0 Å². The number of carboxylic acids is 1. The van der Waals surface area contributed by atoms with E-state index in [2.05, 4.69) is 0 Å². The molecule has 14 heteroatoms. The van der Waals surface area contributed by atoms with Crippen molar-refractivity contribution in [3.8, 4) is 0 Å². The summed E-state index contributed by atoms with van der Waals surface area (Å²) in [7, 11) is -4.67. The summed E-state index contributed by atoms with van der Waals surface area (Å²) in [4.78, 5) is 10.1. The fourth-order valence-corrected chi connectivity index (χ4v) is 0.668. The van der Waals surface area contributed by atoms with Crippen LogP contribution in [-0.4, -0.2) is 103 Å². The van der Waals surface area contributed by atoms with E-state index in [-0.39, 0.29) is 48.3 Å². The van der Waals surface area contributed by atoms with Crippen molar-refractivity contribution in [1.82, 2.24) is 0 Å². The molecule has 0 aromatic rings. The van der Waals surface area contributed by atoms with Gasteiger partial charge in [-0.2, -0.15) is 8.42 Å². The van der Waals surface area contributed by atoms with E-state index in [1.807, 2.05) is 0 Å². The summed E-state index contributed by atoms with van der Waals surface area (Å²) in [5.41, 5.74) is 0. The van der Waals surface area contributed by atoms with Crippen LogP contribution in [0.3, 0.4) is 0 Å². The number of aliphatic carboxylic acids is 1. The molecule has 0 aliphatic heterocycles. The summed E-state index contributed by atoms with van der Waals surface area (Å²) in [5, 5.41) is 51.8. The Morgan fingerprint density at radius 2 is 1.35 bits per heavy atom. The first-order chi connectivity index (χ1) is 7.91. The zero-order chi connectivity index (χ0) is 15.1. The van der Waals surface area contributed by atoms with Crippen LogP contribution in [0.4, 0.5) is 0 Å². The summed E-state index contributed by atoms with van der Waals surface area (Å²) in [6.45, 7) is -0.843. The van der Waals surface area contributed by atoms with E-state index in [1.165, 1.54) is 0 Å². The van der Waals surface area contributed by atoms with E-state index in [4.69, 9.17) is 48.2 Å². The Labute approximate surface area is 148 Å². The van der Waals surface area contributed by atoms with Crippen LogP contribution < -0.4 is 29.6 Å². The van der Waals surface area contributed by atoms with Crippen molar-refractivity contribution in [2.75, 3.05) is 6.61 Å². The van der Waals surface area contributed by atoms with Gasteiger partial charge in [0.25, 0.3) is 0 Å². The molecule has 4 atom stereocenters. The Bertz CT molecular complexity index is 347. The van der Waals surface area contributed by atoms with E-state index in [0.29, 0.717) is 0 Å². The van der Waals surface area contributed by atoms with Crippen molar-refractivity contribution in [3.05, 3.63) is 0 Å². The third-order valence-corrected chi connectivity index (χ3v) is 1.51. The number of hydrogen-bond donors (Lipinski definition) is 8. The molecule has 0 rings (SSSR count). The van der Waals surface area contributed by atoms with Crippen molar-refractivity contribution in [2.45, 2.75) is 24.4 Å². The zero-order valence-electron chi connectivity index (χ0n) is 10.7. The van der Waals surface area contributed by atoms with Gasteiger partial charge in [-0.1, -0.05) is 0 Å². The van der Waals surface area contributed by atoms with E-state index >= 15 is 0 Å². The predicted octanol–water partition coefficient (Wildman–Crippen LogP) is -8.21. The minimum Gasteiger partial charge on any atom is -1.00 e. The molecule has 11 nitrogen and oxygen atoms in total. The third kappa shape index (κ3) is 16.7. The molecule has 0 aliphatic rings. The van der Waals surface area contributed by atoms with Gasteiger partial charge in [0, 0.05) is 0 Å². The van der Waals surface area contributed by atoms with E-state index in [1.54, 1.807) is 0 Å². The molecular weight excluding hydrogens is 330 g/mol. The summed E-state index contributed by atoms with van der Waals surface area (Å²) in [5.74, 6) is -1.73. The van der Waals surface area contributed by atoms with E-state index in [9.17, 15) is 4.79 Å². The third-order valence-electron chi connectivity index (χ3n) is 1.51. The predicted molar refractivity (Wildman–Crippen MR) is 64.0 cm³/mol. The molecule has 118 valence electrons. The van der Waals surface area contributed by atoms with Gasteiger partial charge < -0.3 is 32.1 Å². The maximum absolute atomic E-state index is 10.1. The van der Waals surface area contributed by atoms with Gasteiger partial charge >= 0.3 is 45.9 Å². The van der Waals surface area contributed by atoms with Gasteiger partial charge in [-0.05, 0) is 0 Å². The first-order valence-electron chi connectivity index (χ1n) is 4.17. The maximum atomic E-state index is 10.1. The molecule has 0 spiro atoms. The van der Waals surface area contributed by atoms with Crippen LogP contribution in [0.15, 0.2) is 0 Å². The minimum absolute atomic E-state index is 0. The number of rotatable bonds is 5. The molecule has 0 saturated heterocycles. The molecule has 0 aromatic carbocycles. The molecule has 8 N–H and O–H groups in total. The van der Waals surface area contributed by atoms with Crippen LogP contribution in [-0.2, 0) is 15.2 Å². The van der Waals surface area contributed by atoms with Crippen molar-refractivity contribution in [1.29, 1.82) is 0 Å². The largest absolute Gasteiger partial charge is 1.00 e. The minimum atomic E-state index is -4.67. The topological polar surface area (TPSA) is 213 Å². The second kappa shape index (κ2) is 13.3. The first-order valence-corrected chi connectivity index (χ1v) is 5.57. The average molecular weight is 348 g/mol. The SMILES string of the molecule is O=C(O)[C@H](O)[C@@H](O)[C@H](O)[C@H](O)CO.O=S(=O)(O)O.[AlH3].[H-].[Na+]. The average Bonchev–Trinajstić information content (AvgIpc) is 2.22. The maximum Gasteiger partial charge on any atom is 1.00 e. The Kier molecular flexibility index (Phi) is 19.2. The molecule has 0 aliphatic carbocycles. The first kappa shape index (κ1) is 28.8. The van der Waals surface area contributed by atoms with Crippen molar-refractivity contribution in [3.63, 3.8) is 0 Å². The molecule has 0 radical (unpaired) electrons.